The summed E-state index contributed by atoms with van der Waals surface area (Å²) in [4.78, 5) is 79.8. The van der Waals surface area contributed by atoms with Gasteiger partial charge in [-0.05, 0) is 101 Å². The number of rotatable bonds is 18. The molecule has 4 amide bonds. The molecule has 15 heteroatoms. The number of hydrogen-bond acceptors (Lipinski definition) is 9. The van der Waals surface area contributed by atoms with Crippen LogP contribution in [-0.4, -0.2) is 83.8 Å². The molecule has 1 aromatic carbocycles. The third kappa shape index (κ3) is 16.1. The van der Waals surface area contributed by atoms with Crippen LogP contribution in [0.2, 0.25) is 0 Å². The lowest BCUT2D eigenvalue weighted by Crippen LogP contribution is -2.58. The highest BCUT2D eigenvalue weighted by atomic mass is 79.9. The Morgan fingerprint density at radius 3 is 1.96 bits per heavy atom. The summed E-state index contributed by atoms with van der Waals surface area (Å²) in [6.45, 7) is 4.53. The van der Waals surface area contributed by atoms with E-state index in [0.717, 1.165) is 10.0 Å². The van der Waals surface area contributed by atoms with E-state index in [9.17, 15) is 33.9 Å². The molecule has 0 aliphatic carbocycles. The number of carboxylic acid groups (broad SMARTS) is 1. The minimum atomic E-state index is -1.18. The van der Waals surface area contributed by atoms with Gasteiger partial charge in [0.15, 0.2) is 5.78 Å². The number of Topliss-reactive ketones (excluding diaryl/α,β-unsaturated/α-hetero) is 1. The van der Waals surface area contributed by atoms with Gasteiger partial charge in [0, 0.05) is 10.9 Å². The Balaban J connectivity index is 2.43. The van der Waals surface area contributed by atoms with Crippen LogP contribution in [-0.2, 0) is 35.2 Å². The molecule has 0 saturated carbocycles. The van der Waals surface area contributed by atoms with Crippen molar-refractivity contribution in [2.24, 2.45) is 29.0 Å². The number of halogens is 1. The molecule has 0 fully saturated rings. The zero-order valence-electron chi connectivity index (χ0n) is 29.7. The van der Waals surface area contributed by atoms with Crippen molar-refractivity contribution in [3.8, 4) is 0 Å². The van der Waals surface area contributed by atoms with Crippen LogP contribution in [0.25, 0.3) is 0 Å². The quantitative estimate of drug-likeness (QED) is 0.0790. The lowest BCUT2D eigenvalue weighted by molar-refractivity contribution is -0.144. The molecule has 14 nitrogen and oxygen atoms in total. The highest BCUT2D eigenvalue weighted by molar-refractivity contribution is 9.10. The maximum Gasteiger partial charge on any atom is 0.306 e. The van der Waals surface area contributed by atoms with Crippen LogP contribution in [0.5, 0.6) is 0 Å². The summed E-state index contributed by atoms with van der Waals surface area (Å²) in [5.74, 6) is -4.83. The topological polar surface area (TPSA) is 249 Å². The Labute approximate surface area is 309 Å². The monoisotopic (exact) mass is 777 g/mol. The number of unbranched alkanes of at least 4 members (excludes halogenated alkanes) is 2. The first kappa shape index (κ1) is 43.5. The molecule has 0 bridgehead atoms. The molecule has 0 aromatic heterocycles. The molecule has 0 radical (unpaired) electrons. The minimum Gasteiger partial charge on any atom is -0.481 e. The Kier molecular flexibility index (Phi) is 19.6. The van der Waals surface area contributed by atoms with Crippen molar-refractivity contribution in [2.45, 2.75) is 115 Å². The van der Waals surface area contributed by atoms with E-state index in [0.29, 0.717) is 38.8 Å². The van der Waals surface area contributed by atoms with E-state index in [4.69, 9.17) is 17.2 Å². The fourth-order valence-corrected chi connectivity index (χ4v) is 6.02. The fourth-order valence-electron chi connectivity index (χ4n) is 5.76. The van der Waals surface area contributed by atoms with Gasteiger partial charge in [-0.25, -0.2) is 0 Å². The van der Waals surface area contributed by atoms with Crippen LogP contribution in [0.15, 0.2) is 40.9 Å². The number of hydrogen-bond donors (Lipinski definition) is 8. The molecule has 1 heterocycles. The predicted molar refractivity (Wildman–Crippen MR) is 198 cm³/mol. The van der Waals surface area contributed by atoms with Gasteiger partial charge in [0.25, 0.3) is 0 Å². The van der Waals surface area contributed by atoms with E-state index in [1.807, 2.05) is 13.8 Å². The second kappa shape index (κ2) is 23.0. The van der Waals surface area contributed by atoms with E-state index in [1.165, 1.54) is 0 Å². The van der Waals surface area contributed by atoms with Crippen LogP contribution in [0, 0.1) is 11.8 Å². The standard InChI is InChI=1S/C36H56BrN7O7/c1-22(2)19-24(36(50)51)21-31(45)30(20-23-13-15-25(37)16-14-23)44-35(49)28-10-4-3-9-26(40)32(46)41-27(11-5-7-17-38)33(47)43-29(34(48)42-28)12-6-8-18-39/h3-4,13-16,22,24,26-30H,5-12,17-21,38-40H2,1-2H3,(H,41,46)(H,42,48)(H,43,47)(H,44,49)(H,50,51)/t24-,26+,27+,28+,29+,30+/m1/s1. The summed E-state index contributed by atoms with van der Waals surface area (Å²) in [6.07, 6.45) is 6.22. The summed E-state index contributed by atoms with van der Waals surface area (Å²) in [6, 6.07) is 1.93. The SMILES string of the molecule is CC(C)C[C@H](CC(=O)[C@H](Cc1ccc(Br)cc1)NC(=O)[C@@H]1CC=CC[C@H](N)C(=O)N[C@@H](CCCCN)C(=O)N[C@@H](CCCCN)C(=O)N1)C(=O)O. The summed E-state index contributed by atoms with van der Waals surface area (Å²) in [5.41, 5.74) is 18.2. The van der Waals surface area contributed by atoms with Gasteiger partial charge in [0.05, 0.1) is 18.0 Å². The number of ketones is 1. The number of carbonyl (C=O) groups excluding carboxylic acids is 5. The second-order valence-corrected chi connectivity index (χ2v) is 14.4. The molecule has 11 N–H and O–H groups in total. The average Bonchev–Trinajstić information content (AvgIpc) is 3.08. The third-order valence-corrected chi connectivity index (χ3v) is 9.20. The molecule has 284 valence electrons. The zero-order valence-corrected chi connectivity index (χ0v) is 31.3. The molecule has 1 aromatic rings. The van der Waals surface area contributed by atoms with E-state index in [2.05, 4.69) is 37.2 Å². The van der Waals surface area contributed by atoms with Crippen molar-refractivity contribution >= 4 is 51.3 Å². The lowest BCUT2D eigenvalue weighted by atomic mass is 9.89. The molecule has 1 aliphatic heterocycles. The summed E-state index contributed by atoms with van der Waals surface area (Å²) < 4.78 is 0.822. The first-order valence-electron chi connectivity index (χ1n) is 17.8. The molecule has 2 rings (SSSR count). The van der Waals surface area contributed by atoms with Gasteiger partial charge in [-0.1, -0.05) is 54.1 Å². The van der Waals surface area contributed by atoms with Gasteiger partial charge in [-0.2, -0.15) is 0 Å². The molecular weight excluding hydrogens is 722 g/mol. The van der Waals surface area contributed by atoms with E-state index in [1.54, 1.807) is 36.4 Å². The van der Waals surface area contributed by atoms with Crippen LogP contribution in [0.3, 0.4) is 0 Å². The Bertz CT molecular complexity index is 1340. The van der Waals surface area contributed by atoms with Crippen LogP contribution in [0.1, 0.15) is 83.6 Å². The Hall–Kier alpha value is -3.66. The fraction of sp³-hybridized carbons (Fsp3) is 0.611. The smallest absolute Gasteiger partial charge is 0.306 e. The van der Waals surface area contributed by atoms with Gasteiger partial charge in [0.1, 0.15) is 18.1 Å². The molecule has 51 heavy (non-hydrogen) atoms. The number of carboxylic acids is 1. The third-order valence-electron chi connectivity index (χ3n) is 8.67. The van der Waals surface area contributed by atoms with Gasteiger partial charge < -0.3 is 43.6 Å². The predicted octanol–water partition coefficient (Wildman–Crippen LogP) is 1.57. The van der Waals surface area contributed by atoms with Crippen molar-refractivity contribution in [1.82, 2.24) is 21.3 Å². The van der Waals surface area contributed by atoms with Crippen LogP contribution in [0.4, 0.5) is 0 Å². The average molecular weight is 779 g/mol. The second-order valence-electron chi connectivity index (χ2n) is 13.5. The zero-order chi connectivity index (χ0) is 37.9. The summed E-state index contributed by atoms with van der Waals surface area (Å²) >= 11 is 3.39. The highest BCUT2D eigenvalue weighted by Gasteiger charge is 2.33. The maximum atomic E-state index is 13.9. The van der Waals surface area contributed by atoms with E-state index >= 15 is 0 Å². The van der Waals surface area contributed by atoms with Crippen LogP contribution < -0.4 is 38.5 Å². The minimum absolute atomic E-state index is 0.0125. The first-order valence-corrected chi connectivity index (χ1v) is 18.6. The largest absolute Gasteiger partial charge is 0.481 e. The summed E-state index contributed by atoms with van der Waals surface area (Å²) in [7, 11) is 0. The molecule has 0 saturated heterocycles. The normalized spacial score (nSPS) is 21.5. The molecular formula is C36H56BrN7O7. The number of carbonyl (C=O) groups is 6. The van der Waals surface area contributed by atoms with Gasteiger partial charge >= 0.3 is 5.97 Å². The highest BCUT2D eigenvalue weighted by Crippen LogP contribution is 2.19. The summed E-state index contributed by atoms with van der Waals surface area (Å²) in [5, 5.41) is 20.8. The van der Waals surface area contributed by atoms with Gasteiger partial charge in [-0.15, -0.1) is 0 Å². The number of nitrogens with two attached hydrogens (primary N) is 3. The molecule has 6 atom stereocenters. The molecule has 1 aliphatic rings. The van der Waals surface area contributed by atoms with E-state index < -0.39 is 71.5 Å². The number of aliphatic carboxylic acids is 1. The van der Waals surface area contributed by atoms with Crippen molar-refractivity contribution in [2.75, 3.05) is 13.1 Å². The maximum absolute atomic E-state index is 13.9. The van der Waals surface area contributed by atoms with Crippen molar-refractivity contribution in [3.63, 3.8) is 0 Å². The molecule has 0 spiro atoms. The lowest BCUT2D eigenvalue weighted by Gasteiger charge is -2.27. The van der Waals surface area contributed by atoms with Crippen LogP contribution >= 0.6 is 15.9 Å². The van der Waals surface area contributed by atoms with Crippen molar-refractivity contribution < 1.29 is 33.9 Å². The Morgan fingerprint density at radius 2 is 1.41 bits per heavy atom. The van der Waals surface area contributed by atoms with E-state index in [-0.39, 0.29) is 50.9 Å². The van der Waals surface area contributed by atoms with Gasteiger partial charge in [0.2, 0.25) is 23.6 Å². The Morgan fingerprint density at radius 1 is 0.863 bits per heavy atom. The van der Waals surface area contributed by atoms with Crippen molar-refractivity contribution in [1.29, 1.82) is 0 Å². The van der Waals surface area contributed by atoms with Crippen molar-refractivity contribution in [3.05, 3.63) is 46.5 Å². The molecule has 0 unspecified atom stereocenters. The number of benzene rings is 1. The number of nitrogens with one attached hydrogen (secondary N) is 4. The number of amides is 4. The first-order chi connectivity index (χ1) is 24.2. The van der Waals surface area contributed by atoms with Gasteiger partial charge in [-0.3, -0.25) is 28.8 Å².